The third-order valence-corrected chi connectivity index (χ3v) is 7.16. The first-order valence-corrected chi connectivity index (χ1v) is 9.88. The van der Waals surface area contributed by atoms with Gasteiger partial charge in [-0.3, -0.25) is 4.79 Å². The summed E-state index contributed by atoms with van der Waals surface area (Å²) in [5.41, 5.74) is -2.66. The lowest BCUT2D eigenvalue weighted by Crippen LogP contribution is -2.65. The first-order valence-electron chi connectivity index (χ1n) is 9.88. The molecule has 0 spiro atoms. The molecule has 0 aromatic rings. The largest absolute Gasteiger partial charge is 0.392 e. The van der Waals surface area contributed by atoms with E-state index in [-0.39, 0.29) is 24.7 Å². The van der Waals surface area contributed by atoms with Gasteiger partial charge < -0.3 is 20.1 Å². The van der Waals surface area contributed by atoms with Crippen LogP contribution in [0.1, 0.15) is 33.6 Å². The Balaban J connectivity index is 1.93. The van der Waals surface area contributed by atoms with Crippen LogP contribution in [-0.4, -0.2) is 51.2 Å². The Labute approximate surface area is 164 Å². The van der Waals surface area contributed by atoms with Gasteiger partial charge in [-0.25, -0.2) is 0 Å². The van der Waals surface area contributed by atoms with Gasteiger partial charge in [0.2, 0.25) is 0 Å². The molecular weight excluding hydrogens is 360 g/mol. The second kappa shape index (κ2) is 6.16. The molecule has 152 valence electrons. The number of aliphatic hydroxyl groups excluding tert-OH is 1. The van der Waals surface area contributed by atoms with Crippen molar-refractivity contribution < 1.29 is 24.9 Å². The van der Waals surface area contributed by atoms with Crippen LogP contribution in [0.5, 0.6) is 0 Å². The molecule has 1 aliphatic heterocycles. The van der Waals surface area contributed by atoms with Gasteiger partial charge in [-0.2, -0.15) is 10.2 Å². The van der Waals surface area contributed by atoms with Gasteiger partial charge in [0, 0.05) is 31.3 Å². The Morgan fingerprint density at radius 2 is 2.07 bits per heavy atom. The number of carbonyl (C=O) groups excluding carboxylic acids is 1. The maximum absolute atomic E-state index is 12.8. The number of Topliss-reactive ketones (excluding diaryl/α,β-unsaturated/α-hetero) is 1. The second-order valence-corrected chi connectivity index (χ2v) is 8.71. The van der Waals surface area contributed by atoms with Gasteiger partial charge in [-0.05, 0) is 30.9 Å². The molecule has 3 N–H and O–H groups in total. The quantitative estimate of drug-likeness (QED) is 0.640. The summed E-state index contributed by atoms with van der Waals surface area (Å²) < 4.78 is 6.05. The maximum Gasteiger partial charge on any atom is 0.190 e. The van der Waals surface area contributed by atoms with Crippen molar-refractivity contribution in [2.45, 2.75) is 50.5 Å². The van der Waals surface area contributed by atoms with Crippen LogP contribution in [0.2, 0.25) is 0 Å². The normalized spacial score (nSPS) is 47.2. The molecule has 4 aliphatic rings. The molecule has 1 fully saturated rings. The molecule has 0 aromatic carbocycles. The highest BCUT2D eigenvalue weighted by molar-refractivity contribution is 6.04. The molecule has 0 radical (unpaired) electrons. The predicted molar refractivity (Wildman–Crippen MR) is 101 cm³/mol. The minimum Gasteiger partial charge on any atom is -0.392 e. The van der Waals surface area contributed by atoms with E-state index in [9.17, 15) is 20.1 Å². The van der Waals surface area contributed by atoms with Crippen molar-refractivity contribution in [1.29, 1.82) is 0 Å². The number of carbonyl (C=O) groups is 1. The molecule has 1 unspecified atom stereocenters. The third-order valence-electron chi connectivity index (χ3n) is 7.16. The van der Waals surface area contributed by atoms with E-state index in [1.54, 1.807) is 19.1 Å². The fourth-order valence-corrected chi connectivity index (χ4v) is 5.98. The first kappa shape index (κ1) is 19.6. The molecule has 1 saturated carbocycles. The van der Waals surface area contributed by atoms with E-state index in [2.05, 4.69) is 16.8 Å². The van der Waals surface area contributed by atoms with E-state index in [1.165, 1.54) is 0 Å². The predicted octanol–water partition coefficient (Wildman–Crippen LogP) is 1.90. The van der Waals surface area contributed by atoms with Crippen molar-refractivity contribution in [1.82, 2.24) is 0 Å². The van der Waals surface area contributed by atoms with E-state index >= 15 is 0 Å². The topological polar surface area (TPSA) is 112 Å². The molecule has 4 rings (SSSR count). The van der Waals surface area contributed by atoms with Crippen molar-refractivity contribution in [2.24, 2.45) is 33.9 Å². The highest BCUT2D eigenvalue weighted by Crippen LogP contribution is 2.62. The summed E-state index contributed by atoms with van der Waals surface area (Å²) in [5, 5.41) is 42.1. The number of aliphatic hydroxyl groups is 3. The zero-order valence-corrected chi connectivity index (χ0v) is 16.6. The number of rotatable bonds is 3. The van der Waals surface area contributed by atoms with E-state index < -0.39 is 34.7 Å². The van der Waals surface area contributed by atoms with Gasteiger partial charge in [0.25, 0.3) is 0 Å². The fraction of sp³-hybridized carbons (Fsp3) is 0.667. The van der Waals surface area contributed by atoms with Crippen LogP contribution in [0.15, 0.2) is 45.8 Å². The Morgan fingerprint density at radius 3 is 2.71 bits per heavy atom. The molecule has 28 heavy (non-hydrogen) atoms. The zero-order chi connectivity index (χ0) is 20.5. The molecule has 0 bridgehead atoms. The van der Waals surface area contributed by atoms with Gasteiger partial charge >= 0.3 is 0 Å². The van der Waals surface area contributed by atoms with Gasteiger partial charge in [0.05, 0.1) is 23.8 Å². The number of ketones is 1. The summed E-state index contributed by atoms with van der Waals surface area (Å²) in [6, 6.07) is 0. The minimum atomic E-state index is -1.77. The Bertz CT molecular complexity index is 833. The van der Waals surface area contributed by atoms with Crippen molar-refractivity contribution in [2.75, 3.05) is 13.2 Å². The smallest absolute Gasteiger partial charge is 0.190 e. The SMILES string of the molecule is C=C1N=NC2(OCC)C[C@@H](C)[C@@]3(O)[C@@H](C=C(CO)C[C@]4(O)C(=O)C(C)=C[C@@H]34)[C@H]12. The van der Waals surface area contributed by atoms with E-state index in [1.807, 2.05) is 13.8 Å². The minimum absolute atomic E-state index is 0.0124. The van der Waals surface area contributed by atoms with Crippen LogP contribution < -0.4 is 0 Å². The lowest BCUT2D eigenvalue weighted by Gasteiger charge is -2.55. The van der Waals surface area contributed by atoms with E-state index in [0.29, 0.717) is 29.9 Å². The molecule has 0 saturated heterocycles. The molecule has 0 amide bonds. The number of nitrogens with zero attached hydrogens (tertiary/aromatic N) is 2. The molecule has 3 aliphatic carbocycles. The average Bonchev–Trinajstić information content (AvgIpc) is 3.04. The molecule has 7 atom stereocenters. The molecule has 0 aromatic heterocycles. The third kappa shape index (κ3) is 2.27. The molecule has 7 nitrogen and oxygen atoms in total. The lowest BCUT2D eigenvalue weighted by atomic mass is 9.54. The lowest BCUT2D eigenvalue weighted by molar-refractivity contribution is -0.214. The number of hydrogen-bond donors (Lipinski definition) is 3. The summed E-state index contributed by atoms with van der Waals surface area (Å²) in [7, 11) is 0. The van der Waals surface area contributed by atoms with Crippen LogP contribution in [0.4, 0.5) is 0 Å². The average molecular weight is 388 g/mol. The Kier molecular flexibility index (Phi) is 4.32. The second-order valence-electron chi connectivity index (χ2n) is 8.71. The summed E-state index contributed by atoms with van der Waals surface area (Å²) in [5.74, 6) is -2.51. The van der Waals surface area contributed by atoms with Crippen LogP contribution in [0.3, 0.4) is 0 Å². The van der Waals surface area contributed by atoms with Crippen LogP contribution >= 0.6 is 0 Å². The van der Waals surface area contributed by atoms with E-state index in [4.69, 9.17) is 4.74 Å². The molecule has 1 heterocycles. The highest BCUT2D eigenvalue weighted by atomic mass is 16.5. The van der Waals surface area contributed by atoms with Crippen molar-refractivity contribution >= 4 is 5.78 Å². The van der Waals surface area contributed by atoms with E-state index in [0.717, 1.165) is 0 Å². The van der Waals surface area contributed by atoms with Crippen LogP contribution in [0, 0.1) is 23.7 Å². The summed E-state index contributed by atoms with van der Waals surface area (Å²) in [6.45, 7) is 9.60. The summed E-state index contributed by atoms with van der Waals surface area (Å²) in [6.07, 6.45) is 3.88. The Hall–Kier alpha value is -1.67. The molecule has 7 heteroatoms. The standard InChI is InChI=1S/C21H28N2O5/c1-5-28-20-8-12(3)21(27)15(17(20)13(4)22-23-20)7-14(10-24)9-19(26)16(21)6-11(2)18(19)25/h6-7,12,15-17,24,26-27H,4-5,8-10H2,1-3H3/t12-,15+,16-,17+,19-,20?,21-/m1/s1. The highest BCUT2D eigenvalue weighted by Gasteiger charge is 2.69. The Morgan fingerprint density at radius 1 is 1.36 bits per heavy atom. The van der Waals surface area contributed by atoms with Gasteiger partial charge in [0.1, 0.15) is 5.60 Å². The molecular formula is C21H28N2O5. The fourth-order valence-electron chi connectivity index (χ4n) is 5.98. The number of hydrogen-bond acceptors (Lipinski definition) is 7. The maximum atomic E-state index is 12.8. The first-order chi connectivity index (χ1) is 13.1. The van der Waals surface area contributed by atoms with Crippen molar-refractivity contribution in [3.8, 4) is 0 Å². The van der Waals surface area contributed by atoms with Gasteiger partial charge in [-0.15, -0.1) is 0 Å². The number of ether oxygens (including phenoxy) is 1. The van der Waals surface area contributed by atoms with Crippen molar-refractivity contribution in [3.05, 3.63) is 35.6 Å². The number of azo groups is 1. The monoisotopic (exact) mass is 388 g/mol. The van der Waals surface area contributed by atoms with Gasteiger partial charge in [-0.1, -0.05) is 25.7 Å². The van der Waals surface area contributed by atoms with Gasteiger partial charge in [0.15, 0.2) is 11.5 Å². The summed E-state index contributed by atoms with van der Waals surface area (Å²) in [4.78, 5) is 12.8. The zero-order valence-electron chi connectivity index (χ0n) is 16.6. The summed E-state index contributed by atoms with van der Waals surface area (Å²) >= 11 is 0. The number of fused-ring (bicyclic) bond motifs is 5. The van der Waals surface area contributed by atoms with Crippen molar-refractivity contribution in [3.63, 3.8) is 0 Å². The van der Waals surface area contributed by atoms with Crippen LogP contribution in [0.25, 0.3) is 0 Å². The van der Waals surface area contributed by atoms with Crippen LogP contribution in [-0.2, 0) is 9.53 Å².